The molecular weight excluding hydrogens is 242 g/mol. The summed E-state index contributed by atoms with van der Waals surface area (Å²) in [6.07, 6.45) is 2.50. The fourth-order valence-electron chi connectivity index (χ4n) is 2.44. The first kappa shape index (κ1) is 13.7. The van der Waals surface area contributed by atoms with Gasteiger partial charge in [0.1, 0.15) is 5.75 Å². The minimum absolute atomic E-state index is 0.0594. The molecule has 1 fully saturated rings. The lowest BCUT2D eigenvalue weighted by atomic mass is 9.82. The highest BCUT2D eigenvalue weighted by Crippen LogP contribution is 2.27. The van der Waals surface area contributed by atoms with Gasteiger partial charge >= 0.3 is 0 Å². The third kappa shape index (κ3) is 3.17. The van der Waals surface area contributed by atoms with Gasteiger partial charge in [-0.15, -0.1) is 0 Å². The number of nitrogens with two attached hydrogens (primary N) is 1. The van der Waals surface area contributed by atoms with Crippen LogP contribution in [-0.2, 0) is 6.54 Å². The zero-order chi connectivity index (χ0) is 13.8. The lowest BCUT2D eigenvalue weighted by molar-refractivity contribution is 0.240. The first-order valence-corrected chi connectivity index (χ1v) is 6.52. The fraction of sp³-hybridized carbons (Fsp3) is 0.500. The number of rotatable bonds is 5. The molecule has 1 aromatic carbocycles. The molecule has 0 aliphatic heterocycles. The van der Waals surface area contributed by atoms with Gasteiger partial charge in [0.2, 0.25) is 0 Å². The zero-order valence-corrected chi connectivity index (χ0v) is 11.4. The molecule has 5 nitrogen and oxygen atoms in total. The highest BCUT2D eigenvalue weighted by atomic mass is 16.5. The number of benzene rings is 1. The van der Waals surface area contributed by atoms with Gasteiger partial charge in [-0.3, -0.25) is 0 Å². The van der Waals surface area contributed by atoms with Crippen molar-refractivity contribution in [1.29, 1.82) is 0 Å². The molecule has 1 aliphatic rings. The summed E-state index contributed by atoms with van der Waals surface area (Å²) in [5, 5.41) is 15.2. The van der Waals surface area contributed by atoms with E-state index in [2.05, 4.69) is 17.4 Å². The summed E-state index contributed by atoms with van der Waals surface area (Å²) in [5.74, 6) is 1.52. The van der Waals surface area contributed by atoms with E-state index in [-0.39, 0.29) is 5.84 Å². The van der Waals surface area contributed by atoms with E-state index in [0.29, 0.717) is 17.4 Å². The van der Waals surface area contributed by atoms with E-state index < -0.39 is 0 Å². The Hall–Kier alpha value is -1.75. The molecule has 2 rings (SSSR count). The number of methoxy groups -OCH3 is 1. The second-order valence-corrected chi connectivity index (χ2v) is 5.17. The molecule has 1 aliphatic carbocycles. The van der Waals surface area contributed by atoms with Crippen LogP contribution in [0.25, 0.3) is 0 Å². The molecule has 0 radical (unpaired) electrons. The van der Waals surface area contributed by atoms with Crippen molar-refractivity contribution >= 4 is 5.84 Å². The van der Waals surface area contributed by atoms with Crippen LogP contribution < -0.4 is 15.8 Å². The quantitative estimate of drug-likeness (QED) is 0.327. The van der Waals surface area contributed by atoms with Crippen LogP contribution in [0.15, 0.2) is 23.4 Å². The molecule has 0 saturated heterocycles. The monoisotopic (exact) mass is 263 g/mol. The first-order chi connectivity index (χ1) is 9.13. The molecular formula is C14H21N3O2. The van der Waals surface area contributed by atoms with Crippen molar-refractivity contribution in [1.82, 2.24) is 5.32 Å². The van der Waals surface area contributed by atoms with E-state index in [1.165, 1.54) is 12.8 Å². The van der Waals surface area contributed by atoms with Crippen LogP contribution in [0.2, 0.25) is 0 Å². The number of nitrogens with one attached hydrogen (secondary N) is 1. The highest BCUT2D eigenvalue weighted by Gasteiger charge is 2.24. The van der Waals surface area contributed by atoms with E-state index in [1.54, 1.807) is 7.11 Å². The van der Waals surface area contributed by atoms with Crippen LogP contribution in [0.4, 0.5) is 0 Å². The predicted octanol–water partition coefficient (Wildman–Crippen LogP) is 1.68. The molecule has 5 heteroatoms. The van der Waals surface area contributed by atoms with Crippen molar-refractivity contribution in [3.8, 4) is 5.75 Å². The average Bonchev–Trinajstić information content (AvgIpc) is 2.41. The number of nitrogens with zero attached hydrogens (tertiary/aromatic N) is 1. The normalized spacial score (nSPS) is 22.9. The van der Waals surface area contributed by atoms with Gasteiger partial charge in [0.05, 0.1) is 12.7 Å². The second kappa shape index (κ2) is 5.93. The summed E-state index contributed by atoms with van der Waals surface area (Å²) in [5.41, 5.74) is 7.33. The molecule has 0 amide bonds. The Morgan fingerprint density at radius 1 is 1.53 bits per heavy atom. The molecule has 4 N–H and O–H groups in total. The molecule has 1 aromatic rings. The van der Waals surface area contributed by atoms with Gasteiger partial charge in [-0.25, -0.2) is 0 Å². The number of ether oxygens (including phenoxy) is 1. The van der Waals surface area contributed by atoms with Gasteiger partial charge in [0.15, 0.2) is 5.84 Å². The third-order valence-corrected chi connectivity index (χ3v) is 3.62. The molecule has 0 aromatic heterocycles. The standard InChI is InChI=1S/C14H21N3O2/c1-9-5-11(6-9)16-8-10-3-4-12(14(15)17-18)13(7-10)19-2/h3-4,7,9,11,16,18H,5-6,8H2,1-2H3,(H2,15,17). The zero-order valence-electron chi connectivity index (χ0n) is 11.4. The summed E-state index contributed by atoms with van der Waals surface area (Å²) in [6, 6.07) is 6.33. The number of hydrogen-bond acceptors (Lipinski definition) is 4. The van der Waals surface area contributed by atoms with Crippen LogP contribution >= 0.6 is 0 Å². The van der Waals surface area contributed by atoms with Crippen molar-refractivity contribution in [2.75, 3.05) is 7.11 Å². The summed E-state index contributed by atoms with van der Waals surface area (Å²) < 4.78 is 5.27. The maximum absolute atomic E-state index is 8.71. The van der Waals surface area contributed by atoms with Gasteiger partial charge in [0.25, 0.3) is 0 Å². The minimum Gasteiger partial charge on any atom is -0.496 e. The summed E-state index contributed by atoms with van der Waals surface area (Å²) in [7, 11) is 1.58. The van der Waals surface area contributed by atoms with Crippen molar-refractivity contribution < 1.29 is 9.94 Å². The van der Waals surface area contributed by atoms with Gasteiger partial charge in [-0.1, -0.05) is 18.1 Å². The number of oxime groups is 1. The van der Waals surface area contributed by atoms with Crippen molar-refractivity contribution in [2.45, 2.75) is 32.4 Å². The maximum Gasteiger partial charge on any atom is 0.173 e. The average molecular weight is 263 g/mol. The lowest BCUT2D eigenvalue weighted by Gasteiger charge is -2.33. The van der Waals surface area contributed by atoms with E-state index in [1.807, 2.05) is 18.2 Å². The van der Waals surface area contributed by atoms with E-state index >= 15 is 0 Å². The SMILES string of the molecule is COc1cc(CNC2CC(C)C2)ccc1/C(N)=N/O. The lowest BCUT2D eigenvalue weighted by Crippen LogP contribution is -2.39. The molecule has 0 heterocycles. The second-order valence-electron chi connectivity index (χ2n) is 5.17. The highest BCUT2D eigenvalue weighted by molar-refractivity contribution is 5.99. The molecule has 0 bridgehead atoms. The maximum atomic E-state index is 8.71. The van der Waals surface area contributed by atoms with Crippen LogP contribution in [0.1, 0.15) is 30.9 Å². The van der Waals surface area contributed by atoms with Crippen LogP contribution in [0, 0.1) is 5.92 Å². The Labute approximate surface area is 113 Å². The van der Waals surface area contributed by atoms with Crippen LogP contribution in [0.5, 0.6) is 5.75 Å². The van der Waals surface area contributed by atoms with E-state index in [9.17, 15) is 0 Å². The van der Waals surface area contributed by atoms with Gasteiger partial charge in [-0.2, -0.15) is 0 Å². The summed E-state index contributed by atoms with van der Waals surface area (Å²) in [4.78, 5) is 0. The van der Waals surface area contributed by atoms with E-state index in [0.717, 1.165) is 18.0 Å². The largest absolute Gasteiger partial charge is 0.496 e. The molecule has 0 unspecified atom stereocenters. The molecule has 0 atom stereocenters. The molecule has 0 spiro atoms. The van der Waals surface area contributed by atoms with Crippen molar-refractivity contribution in [2.24, 2.45) is 16.8 Å². The Morgan fingerprint density at radius 3 is 2.84 bits per heavy atom. The van der Waals surface area contributed by atoms with Crippen molar-refractivity contribution in [3.63, 3.8) is 0 Å². The Bertz CT molecular complexity index is 468. The minimum atomic E-state index is 0.0594. The van der Waals surface area contributed by atoms with Crippen LogP contribution in [0.3, 0.4) is 0 Å². The molecule has 104 valence electrons. The van der Waals surface area contributed by atoms with Crippen LogP contribution in [-0.4, -0.2) is 24.2 Å². The molecule has 19 heavy (non-hydrogen) atoms. The van der Waals surface area contributed by atoms with Gasteiger partial charge in [-0.05, 0) is 36.5 Å². The Balaban J connectivity index is 2.02. The molecule has 1 saturated carbocycles. The van der Waals surface area contributed by atoms with E-state index in [4.69, 9.17) is 15.7 Å². The predicted molar refractivity (Wildman–Crippen MR) is 74.5 cm³/mol. The van der Waals surface area contributed by atoms with Gasteiger partial charge < -0.3 is 21.0 Å². The van der Waals surface area contributed by atoms with Crippen molar-refractivity contribution in [3.05, 3.63) is 29.3 Å². The smallest absolute Gasteiger partial charge is 0.173 e. The van der Waals surface area contributed by atoms with Gasteiger partial charge in [0, 0.05) is 12.6 Å². The third-order valence-electron chi connectivity index (χ3n) is 3.62. The Morgan fingerprint density at radius 2 is 2.26 bits per heavy atom. The Kier molecular flexibility index (Phi) is 4.27. The number of hydrogen-bond donors (Lipinski definition) is 3. The summed E-state index contributed by atoms with van der Waals surface area (Å²) >= 11 is 0. The summed E-state index contributed by atoms with van der Waals surface area (Å²) in [6.45, 7) is 3.08. The fourth-order valence-corrected chi connectivity index (χ4v) is 2.44. The topological polar surface area (TPSA) is 79.9 Å². The number of amidine groups is 1. The first-order valence-electron chi connectivity index (χ1n) is 6.52.